The highest BCUT2D eigenvalue weighted by molar-refractivity contribution is 9.10. The van der Waals surface area contributed by atoms with E-state index in [2.05, 4.69) is 21.2 Å². The minimum absolute atomic E-state index is 0.0736. The predicted molar refractivity (Wildman–Crippen MR) is 89.4 cm³/mol. The summed E-state index contributed by atoms with van der Waals surface area (Å²) in [6, 6.07) is 11.5. The van der Waals surface area contributed by atoms with Gasteiger partial charge in [-0.2, -0.15) is 18.4 Å². The number of rotatable bonds is 3. The van der Waals surface area contributed by atoms with Gasteiger partial charge in [0.15, 0.2) is 5.57 Å². The van der Waals surface area contributed by atoms with Crippen LogP contribution in [-0.2, 0) is 11.0 Å². The van der Waals surface area contributed by atoms with E-state index in [1.807, 2.05) is 0 Å². The fourth-order valence-corrected chi connectivity index (χ4v) is 2.16. The molecule has 0 saturated carbocycles. The molecule has 0 heterocycles. The summed E-state index contributed by atoms with van der Waals surface area (Å²) in [6.45, 7) is 0. The summed E-state index contributed by atoms with van der Waals surface area (Å²) < 4.78 is 38.4. The van der Waals surface area contributed by atoms with Crippen molar-refractivity contribution in [2.75, 3.05) is 5.32 Å². The van der Waals surface area contributed by atoms with Gasteiger partial charge in [-0.1, -0.05) is 28.1 Å². The maximum Gasteiger partial charge on any atom is 0.416 e. The molecule has 0 aliphatic heterocycles. The molecule has 0 aromatic heterocycles. The van der Waals surface area contributed by atoms with Gasteiger partial charge in [0, 0.05) is 15.7 Å². The number of alkyl halides is 3. The zero-order valence-corrected chi connectivity index (χ0v) is 14.0. The van der Waals surface area contributed by atoms with Gasteiger partial charge in [-0.3, -0.25) is 4.79 Å². The molecule has 128 valence electrons. The molecule has 0 unspecified atom stereocenters. The number of amides is 1. The normalized spacial score (nSPS) is 12.1. The number of aliphatic hydroxyl groups is 1. The third kappa shape index (κ3) is 4.61. The maximum atomic E-state index is 12.6. The molecule has 2 aromatic rings. The van der Waals surface area contributed by atoms with Gasteiger partial charge in [-0.05, 0) is 36.4 Å². The van der Waals surface area contributed by atoms with Crippen molar-refractivity contribution in [3.63, 3.8) is 0 Å². The second kappa shape index (κ2) is 7.40. The zero-order chi connectivity index (χ0) is 18.6. The average molecular weight is 411 g/mol. The summed E-state index contributed by atoms with van der Waals surface area (Å²) in [6.07, 6.45) is -4.52. The molecule has 2 aromatic carbocycles. The highest BCUT2D eigenvalue weighted by atomic mass is 79.9. The Morgan fingerprint density at radius 1 is 1.08 bits per heavy atom. The van der Waals surface area contributed by atoms with E-state index < -0.39 is 29.0 Å². The van der Waals surface area contributed by atoms with Crippen molar-refractivity contribution in [3.05, 3.63) is 69.7 Å². The average Bonchev–Trinajstić information content (AvgIpc) is 2.57. The Balaban J connectivity index is 2.28. The number of nitriles is 1. The first-order valence-corrected chi connectivity index (χ1v) is 7.59. The lowest BCUT2D eigenvalue weighted by atomic mass is 10.1. The molecule has 1 amide bonds. The number of hydrogen-bond acceptors (Lipinski definition) is 3. The largest absolute Gasteiger partial charge is 0.506 e. The molecule has 0 atom stereocenters. The minimum atomic E-state index is -4.52. The molecule has 2 rings (SSSR count). The molecule has 8 heteroatoms. The Morgan fingerprint density at radius 2 is 1.64 bits per heavy atom. The summed E-state index contributed by atoms with van der Waals surface area (Å²) in [5, 5.41) is 21.6. The molecule has 0 saturated heterocycles. The molecular formula is C17H10BrF3N2O2. The molecule has 2 N–H and O–H groups in total. The molecule has 0 aliphatic rings. The Hall–Kier alpha value is -2.79. The molecule has 0 bridgehead atoms. The second-order valence-corrected chi connectivity index (χ2v) is 5.79. The van der Waals surface area contributed by atoms with E-state index in [4.69, 9.17) is 5.26 Å². The van der Waals surface area contributed by atoms with Crippen LogP contribution in [0, 0.1) is 11.3 Å². The number of anilines is 1. The van der Waals surface area contributed by atoms with Crippen molar-refractivity contribution in [1.29, 1.82) is 5.26 Å². The van der Waals surface area contributed by atoms with Gasteiger partial charge in [0.1, 0.15) is 11.8 Å². The standard InChI is InChI=1S/C17H10BrF3N2O2/c18-12-5-7-13(8-6-12)23-16(25)14(9-22)15(24)10-1-3-11(4-2-10)17(19,20)21/h1-8,24H,(H,23,25)/b15-14-. The number of aliphatic hydroxyl groups excluding tert-OH is 1. The van der Waals surface area contributed by atoms with Gasteiger partial charge in [0.2, 0.25) is 0 Å². The Morgan fingerprint density at radius 3 is 2.12 bits per heavy atom. The van der Waals surface area contributed by atoms with Crippen LogP contribution in [0.2, 0.25) is 0 Å². The van der Waals surface area contributed by atoms with Crippen LogP contribution >= 0.6 is 15.9 Å². The molecular weight excluding hydrogens is 401 g/mol. The maximum absolute atomic E-state index is 12.6. The topological polar surface area (TPSA) is 73.1 Å². The van der Waals surface area contributed by atoms with E-state index in [-0.39, 0.29) is 5.56 Å². The fourth-order valence-electron chi connectivity index (χ4n) is 1.90. The lowest BCUT2D eigenvalue weighted by Crippen LogP contribution is -2.15. The molecule has 0 radical (unpaired) electrons. The van der Waals surface area contributed by atoms with Gasteiger partial charge < -0.3 is 10.4 Å². The third-order valence-corrected chi connectivity index (χ3v) is 3.69. The van der Waals surface area contributed by atoms with Crippen LogP contribution in [0.15, 0.2) is 58.6 Å². The van der Waals surface area contributed by atoms with Gasteiger partial charge in [0.05, 0.1) is 5.56 Å². The summed E-state index contributed by atoms with van der Waals surface area (Å²) in [5.41, 5.74) is -1.19. The zero-order valence-electron chi connectivity index (χ0n) is 12.4. The summed E-state index contributed by atoms with van der Waals surface area (Å²) in [7, 11) is 0. The Labute approximate surface area is 149 Å². The van der Waals surface area contributed by atoms with Crippen LogP contribution in [0.1, 0.15) is 11.1 Å². The van der Waals surface area contributed by atoms with Crippen molar-refractivity contribution >= 4 is 33.3 Å². The molecule has 0 aliphatic carbocycles. The van der Waals surface area contributed by atoms with Crippen LogP contribution in [0.4, 0.5) is 18.9 Å². The van der Waals surface area contributed by atoms with E-state index in [1.54, 1.807) is 30.3 Å². The SMILES string of the molecule is N#C/C(C(=O)Nc1ccc(Br)cc1)=C(/O)c1ccc(C(F)(F)F)cc1. The number of benzene rings is 2. The second-order valence-electron chi connectivity index (χ2n) is 4.87. The van der Waals surface area contributed by atoms with Crippen molar-refractivity contribution in [1.82, 2.24) is 0 Å². The lowest BCUT2D eigenvalue weighted by molar-refractivity contribution is -0.137. The van der Waals surface area contributed by atoms with Crippen molar-refractivity contribution < 1.29 is 23.1 Å². The van der Waals surface area contributed by atoms with E-state index in [0.29, 0.717) is 5.69 Å². The van der Waals surface area contributed by atoms with Crippen LogP contribution in [0.25, 0.3) is 5.76 Å². The van der Waals surface area contributed by atoms with Gasteiger partial charge in [-0.15, -0.1) is 0 Å². The predicted octanol–water partition coefficient (Wildman–Crippen LogP) is 4.90. The first-order chi connectivity index (χ1) is 11.7. The van der Waals surface area contributed by atoms with Crippen LogP contribution < -0.4 is 5.32 Å². The van der Waals surface area contributed by atoms with Gasteiger partial charge >= 0.3 is 6.18 Å². The van der Waals surface area contributed by atoms with Crippen molar-refractivity contribution in [2.24, 2.45) is 0 Å². The number of nitrogens with zero attached hydrogens (tertiary/aromatic N) is 1. The van der Waals surface area contributed by atoms with E-state index >= 15 is 0 Å². The summed E-state index contributed by atoms with van der Waals surface area (Å²) >= 11 is 3.23. The monoisotopic (exact) mass is 410 g/mol. The first-order valence-electron chi connectivity index (χ1n) is 6.80. The molecule has 0 fully saturated rings. The van der Waals surface area contributed by atoms with Gasteiger partial charge in [-0.25, -0.2) is 0 Å². The Kier molecular flexibility index (Phi) is 5.49. The molecule has 0 spiro atoms. The third-order valence-electron chi connectivity index (χ3n) is 3.16. The van der Waals surface area contributed by atoms with E-state index in [0.717, 1.165) is 28.7 Å². The van der Waals surface area contributed by atoms with Crippen LogP contribution in [-0.4, -0.2) is 11.0 Å². The summed E-state index contributed by atoms with van der Waals surface area (Å²) in [4.78, 5) is 12.1. The van der Waals surface area contributed by atoms with Crippen molar-refractivity contribution in [3.8, 4) is 6.07 Å². The van der Waals surface area contributed by atoms with Crippen LogP contribution in [0.3, 0.4) is 0 Å². The number of halogens is 4. The first kappa shape index (κ1) is 18.5. The number of carbonyl (C=O) groups excluding carboxylic acids is 1. The molecule has 25 heavy (non-hydrogen) atoms. The minimum Gasteiger partial charge on any atom is -0.506 e. The highest BCUT2D eigenvalue weighted by Gasteiger charge is 2.30. The van der Waals surface area contributed by atoms with Gasteiger partial charge in [0.25, 0.3) is 5.91 Å². The highest BCUT2D eigenvalue weighted by Crippen LogP contribution is 2.30. The number of nitrogens with one attached hydrogen (secondary N) is 1. The summed E-state index contributed by atoms with van der Waals surface area (Å²) in [5.74, 6) is -1.58. The quantitative estimate of drug-likeness (QED) is 0.429. The fraction of sp³-hybridized carbons (Fsp3) is 0.0588. The number of carbonyl (C=O) groups is 1. The Bertz CT molecular complexity index is 851. The van der Waals surface area contributed by atoms with E-state index in [9.17, 15) is 23.1 Å². The van der Waals surface area contributed by atoms with Crippen LogP contribution in [0.5, 0.6) is 0 Å². The molecule has 4 nitrogen and oxygen atoms in total. The smallest absolute Gasteiger partial charge is 0.416 e. The van der Waals surface area contributed by atoms with Crippen molar-refractivity contribution in [2.45, 2.75) is 6.18 Å². The van der Waals surface area contributed by atoms with E-state index in [1.165, 1.54) is 0 Å². The lowest BCUT2D eigenvalue weighted by Gasteiger charge is -2.09. The number of hydrogen-bond donors (Lipinski definition) is 2.